The summed E-state index contributed by atoms with van der Waals surface area (Å²) in [6, 6.07) is 5.39. The average Bonchev–Trinajstić information content (AvgIpc) is 2.48. The molecule has 21 heavy (non-hydrogen) atoms. The van der Waals surface area contributed by atoms with Gasteiger partial charge >= 0.3 is 0 Å². The van der Waals surface area contributed by atoms with Crippen molar-refractivity contribution in [3.8, 4) is 0 Å². The summed E-state index contributed by atoms with van der Waals surface area (Å²) in [6.07, 6.45) is 2.23. The van der Waals surface area contributed by atoms with Crippen LogP contribution in [0.4, 0.5) is 0 Å². The van der Waals surface area contributed by atoms with E-state index in [-0.39, 0.29) is 0 Å². The van der Waals surface area contributed by atoms with Crippen LogP contribution in [0.5, 0.6) is 0 Å². The second-order valence-corrected chi connectivity index (χ2v) is 7.85. The first-order chi connectivity index (χ1) is 9.95. The minimum absolute atomic E-state index is 0.413. The molecular formula is C16H26N2O2S. The monoisotopic (exact) mass is 310 g/mol. The summed E-state index contributed by atoms with van der Waals surface area (Å²) in [5, 5.41) is 3.35. The number of hydrogen-bond donors (Lipinski definition) is 1. The van der Waals surface area contributed by atoms with Gasteiger partial charge in [-0.3, -0.25) is 0 Å². The van der Waals surface area contributed by atoms with Crippen LogP contribution in [-0.2, 0) is 10.0 Å². The smallest absolute Gasteiger partial charge is 0.243 e. The van der Waals surface area contributed by atoms with E-state index in [4.69, 9.17) is 0 Å². The Kier molecular flexibility index (Phi) is 5.41. The fraction of sp³-hybridized carbons (Fsp3) is 0.625. The molecule has 1 heterocycles. The summed E-state index contributed by atoms with van der Waals surface area (Å²) >= 11 is 0. The molecule has 0 amide bonds. The summed E-state index contributed by atoms with van der Waals surface area (Å²) in [7, 11) is -3.38. The van der Waals surface area contributed by atoms with Gasteiger partial charge in [-0.25, -0.2) is 8.42 Å². The van der Waals surface area contributed by atoms with Crippen molar-refractivity contribution >= 4 is 10.0 Å². The molecule has 1 aliphatic rings. The summed E-state index contributed by atoms with van der Waals surface area (Å²) in [4.78, 5) is 0.413. The van der Waals surface area contributed by atoms with E-state index in [1.807, 2.05) is 26.8 Å². The lowest BCUT2D eigenvalue weighted by atomic mass is 10.00. The molecule has 0 radical (unpaired) electrons. The van der Waals surface area contributed by atoms with Crippen LogP contribution in [0.25, 0.3) is 0 Å². The molecule has 0 spiro atoms. The van der Waals surface area contributed by atoms with E-state index in [1.54, 1.807) is 16.4 Å². The van der Waals surface area contributed by atoms with Crippen molar-refractivity contribution in [3.05, 3.63) is 29.3 Å². The van der Waals surface area contributed by atoms with E-state index in [9.17, 15) is 8.42 Å². The zero-order valence-electron chi connectivity index (χ0n) is 13.2. The van der Waals surface area contributed by atoms with Crippen molar-refractivity contribution in [2.45, 2.75) is 38.5 Å². The van der Waals surface area contributed by atoms with Crippen molar-refractivity contribution in [2.24, 2.45) is 5.92 Å². The lowest BCUT2D eigenvalue weighted by Crippen LogP contribution is -2.40. The summed E-state index contributed by atoms with van der Waals surface area (Å²) in [5.41, 5.74) is 2.14. The SMILES string of the molecule is CCN(CC1CCCNC1)S(=O)(=O)c1ccc(C)c(C)c1. The van der Waals surface area contributed by atoms with E-state index >= 15 is 0 Å². The highest BCUT2D eigenvalue weighted by Crippen LogP contribution is 2.21. The molecular weight excluding hydrogens is 284 g/mol. The number of aryl methyl sites for hydroxylation is 2. The maximum Gasteiger partial charge on any atom is 0.243 e. The van der Waals surface area contributed by atoms with Gasteiger partial charge in [0.05, 0.1) is 4.90 Å². The molecule has 5 heteroatoms. The van der Waals surface area contributed by atoms with Crippen molar-refractivity contribution < 1.29 is 8.42 Å². The number of benzene rings is 1. The van der Waals surface area contributed by atoms with Crippen molar-refractivity contribution in [1.29, 1.82) is 0 Å². The number of nitrogens with one attached hydrogen (secondary N) is 1. The first-order valence-corrected chi connectivity index (χ1v) is 9.17. The molecule has 0 aliphatic carbocycles. The highest BCUT2D eigenvalue weighted by molar-refractivity contribution is 7.89. The highest BCUT2D eigenvalue weighted by atomic mass is 32.2. The van der Waals surface area contributed by atoms with Crippen LogP contribution < -0.4 is 5.32 Å². The quantitative estimate of drug-likeness (QED) is 0.908. The zero-order valence-corrected chi connectivity index (χ0v) is 14.0. The largest absolute Gasteiger partial charge is 0.316 e. The molecule has 0 saturated carbocycles. The molecule has 1 unspecified atom stereocenters. The maximum absolute atomic E-state index is 12.8. The second-order valence-electron chi connectivity index (χ2n) is 5.91. The Hall–Kier alpha value is -0.910. The molecule has 1 atom stereocenters. The van der Waals surface area contributed by atoms with Crippen LogP contribution in [0, 0.1) is 19.8 Å². The average molecular weight is 310 g/mol. The van der Waals surface area contributed by atoms with Crippen LogP contribution in [0.1, 0.15) is 30.9 Å². The molecule has 118 valence electrons. The number of hydrogen-bond acceptors (Lipinski definition) is 3. The Morgan fingerprint density at radius 1 is 1.29 bits per heavy atom. The molecule has 1 aromatic carbocycles. The molecule has 0 bridgehead atoms. The van der Waals surface area contributed by atoms with Gasteiger partial charge in [0, 0.05) is 13.1 Å². The van der Waals surface area contributed by atoms with Crippen molar-refractivity contribution in [1.82, 2.24) is 9.62 Å². The third-order valence-corrected chi connectivity index (χ3v) is 6.27. The first kappa shape index (κ1) is 16.5. The van der Waals surface area contributed by atoms with Gasteiger partial charge in [0.2, 0.25) is 10.0 Å². The van der Waals surface area contributed by atoms with Gasteiger partial charge in [0.1, 0.15) is 0 Å². The van der Waals surface area contributed by atoms with Gasteiger partial charge in [-0.05, 0) is 69.0 Å². The molecule has 1 aliphatic heterocycles. The van der Waals surface area contributed by atoms with E-state index in [1.165, 1.54) is 0 Å². The number of sulfonamides is 1. The van der Waals surface area contributed by atoms with Gasteiger partial charge in [-0.2, -0.15) is 4.31 Å². The molecule has 4 nitrogen and oxygen atoms in total. The Labute approximate surface area is 128 Å². The molecule has 2 rings (SSSR count). The fourth-order valence-electron chi connectivity index (χ4n) is 2.79. The zero-order chi connectivity index (χ0) is 15.5. The predicted octanol–water partition coefficient (Wildman–Crippen LogP) is 2.31. The van der Waals surface area contributed by atoms with Crippen LogP contribution >= 0.6 is 0 Å². The first-order valence-electron chi connectivity index (χ1n) is 7.73. The van der Waals surface area contributed by atoms with E-state index < -0.39 is 10.0 Å². The molecule has 0 aromatic heterocycles. The third kappa shape index (κ3) is 3.84. The Morgan fingerprint density at radius 2 is 2.05 bits per heavy atom. The standard InChI is InChI=1S/C16H26N2O2S/c1-4-18(12-15-6-5-9-17-11-15)21(19,20)16-8-7-13(2)14(3)10-16/h7-8,10,15,17H,4-6,9,11-12H2,1-3H3. The summed E-state index contributed by atoms with van der Waals surface area (Å²) in [6.45, 7) is 8.96. The van der Waals surface area contributed by atoms with Gasteiger partial charge in [-0.15, -0.1) is 0 Å². The highest BCUT2D eigenvalue weighted by Gasteiger charge is 2.26. The fourth-order valence-corrected chi connectivity index (χ4v) is 4.40. The van der Waals surface area contributed by atoms with Crippen LogP contribution in [0.3, 0.4) is 0 Å². The second kappa shape index (κ2) is 6.90. The van der Waals surface area contributed by atoms with Gasteiger partial charge in [-0.1, -0.05) is 13.0 Å². The number of piperidine rings is 1. The van der Waals surface area contributed by atoms with E-state index in [0.29, 0.717) is 23.9 Å². The molecule has 1 N–H and O–H groups in total. The molecule has 1 saturated heterocycles. The van der Waals surface area contributed by atoms with Crippen molar-refractivity contribution in [3.63, 3.8) is 0 Å². The normalized spacial score (nSPS) is 19.9. The van der Waals surface area contributed by atoms with Gasteiger partial charge in [0.25, 0.3) is 0 Å². The number of nitrogens with zero attached hydrogens (tertiary/aromatic N) is 1. The molecule has 1 aromatic rings. The Morgan fingerprint density at radius 3 is 2.62 bits per heavy atom. The lowest BCUT2D eigenvalue weighted by molar-refractivity contribution is 0.298. The van der Waals surface area contributed by atoms with Crippen LogP contribution in [-0.4, -0.2) is 38.9 Å². The van der Waals surface area contributed by atoms with Crippen LogP contribution in [0.15, 0.2) is 23.1 Å². The van der Waals surface area contributed by atoms with Gasteiger partial charge in [0.15, 0.2) is 0 Å². The summed E-state index contributed by atoms with van der Waals surface area (Å²) in [5.74, 6) is 0.417. The Balaban J connectivity index is 2.19. The van der Waals surface area contributed by atoms with Crippen molar-refractivity contribution in [2.75, 3.05) is 26.2 Å². The summed E-state index contributed by atoms with van der Waals surface area (Å²) < 4.78 is 27.2. The predicted molar refractivity (Wildman–Crippen MR) is 85.9 cm³/mol. The minimum atomic E-state index is -3.38. The third-order valence-electron chi connectivity index (χ3n) is 4.33. The topological polar surface area (TPSA) is 49.4 Å². The van der Waals surface area contributed by atoms with E-state index in [2.05, 4.69) is 5.32 Å². The molecule has 1 fully saturated rings. The van der Waals surface area contributed by atoms with Gasteiger partial charge < -0.3 is 5.32 Å². The number of rotatable bonds is 5. The van der Waals surface area contributed by atoms with Crippen LogP contribution in [0.2, 0.25) is 0 Å². The minimum Gasteiger partial charge on any atom is -0.316 e. The van der Waals surface area contributed by atoms with E-state index in [0.717, 1.165) is 37.1 Å². The maximum atomic E-state index is 12.8. The lowest BCUT2D eigenvalue weighted by Gasteiger charge is -2.29. The Bertz CT molecular complexity index is 578.